The first-order chi connectivity index (χ1) is 8.72. The number of anilines is 1. The lowest BCUT2D eigenvalue weighted by atomic mass is 10.2. The Bertz CT molecular complexity index is 524. The number of nitrogens with one attached hydrogen (secondary N) is 1. The standard InChI is InChI=1S/C13H17N5/c1-4-6-14-11-9(2)10(3)17-13(18-11)12-15-7-5-8-16-12/h5,7-8H,4,6H2,1-3H3,(H,14,17,18). The summed E-state index contributed by atoms with van der Waals surface area (Å²) in [5.41, 5.74) is 2.02. The summed E-state index contributed by atoms with van der Waals surface area (Å²) < 4.78 is 0. The fourth-order valence-electron chi connectivity index (χ4n) is 1.56. The van der Waals surface area contributed by atoms with Gasteiger partial charge in [-0.2, -0.15) is 0 Å². The highest BCUT2D eigenvalue weighted by atomic mass is 15.1. The zero-order chi connectivity index (χ0) is 13.0. The molecule has 1 N–H and O–H groups in total. The van der Waals surface area contributed by atoms with Crippen LogP contribution in [0, 0.1) is 13.8 Å². The molecule has 0 aliphatic heterocycles. The van der Waals surface area contributed by atoms with E-state index in [2.05, 4.69) is 32.2 Å². The average molecular weight is 243 g/mol. The fourth-order valence-corrected chi connectivity index (χ4v) is 1.56. The van der Waals surface area contributed by atoms with E-state index in [1.54, 1.807) is 18.5 Å². The monoisotopic (exact) mass is 243 g/mol. The molecule has 94 valence electrons. The lowest BCUT2D eigenvalue weighted by Gasteiger charge is -2.10. The van der Waals surface area contributed by atoms with Crippen LogP contribution in [0.2, 0.25) is 0 Å². The summed E-state index contributed by atoms with van der Waals surface area (Å²) in [6.07, 6.45) is 4.44. The second kappa shape index (κ2) is 5.53. The Kier molecular flexibility index (Phi) is 3.82. The minimum atomic E-state index is 0.556. The Labute approximate surface area is 107 Å². The van der Waals surface area contributed by atoms with Crippen molar-refractivity contribution in [1.82, 2.24) is 19.9 Å². The molecule has 0 amide bonds. The SMILES string of the molecule is CCCNc1nc(-c2ncccn2)nc(C)c1C. The van der Waals surface area contributed by atoms with Crippen molar-refractivity contribution in [2.75, 3.05) is 11.9 Å². The van der Waals surface area contributed by atoms with Gasteiger partial charge in [0.1, 0.15) is 5.82 Å². The van der Waals surface area contributed by atoms with Gasteiger partial charge in [0.15, 0.2) is 11.6 Å². The Morgan fingerprint density at radius 3 is 2.44 bits per heavy atom. The fraction of sp³-hybridized carbons (Fsp3) is 0.385. The van der Waals surface area contributed by atoms with Crippen molar-refractivity contribution in [3.05, 3.63) is 29.7 Å². The van der Waals surface area contributed by atoms with Crippen molar-refractivity contribution >= 4 is 5.82 Å². The van der Waals surface area contributed by atoms with Crippen LogP contribution in [0.1, 0.15) is 24.6 Å². The van der Waals surface area contributed by atoms with E-state index in [-0.39, 0.29) is 0 Å². The molecule has 0 spiro atoms. The molecule has 0 unspecified atom stereocenters. The minimum Gasteiger partial charge on any atom is -0.370 e. The molecule has 5 nitrogen and oxygen atoms in total. The van der Waals surface area contributed by atoms with Gasteiger partial charge in [-0.3, -0.25) is 0 Å². The first-order valence-electron chi connectivity index (χ1n) is 6.09. The molecule has 0 aromatic carbocycles. The highest BCUT2D eigenvalue weighted by Gasteiger charge is 2.10. The van der Waals surface area contributed by atoms with Crippen LogP contribution in [0.25, 0.3) is 11.6 Å². The number of aryl methyl sites for hydroxylation is 1. The van der Waals surface area contributed by atoms with Crippen LogP contribution in [-0.4, -0.2) is 26.5 Å². The third-order valence-corrected chi connectivity index (χ3v) is 2.70. The zero-order valence-corrected chi connectivity index (χ0v) is 10.9. The van der Waals surface area contributed by atoms with Crippen molar-refractivity contribution in [3.63, 3.8) is 0 Å². The smallest absolute Gasteiger partial charge is 0.199 e. The Balaban J connectivity index is 2.41. The zero-order valence-electron chi connectivity index (χ0n) is 10.9. The molecule has 0 bridgehead atoms. The van der Waals surface area contributed by atoms with Crippen LogP contribution in [-0.2, 0) is 0 Å². The maximum absolute atomic E-state index is 4.49. The quantitative estimate of drug-likeness (QED) is 0.893. The lowest BCUT2D eigenvalue weighted by molar-refractivity contribution is 0.949. The Morgan fingerprint density at radius 1 is 1.06 bits per heavy atom. The van der Waals surface area contributed by atoms with Crippen molar-refractivity contribution < 1.29 is 0 Å². The highest BCUT2D eigenvalue weighted by Crippen LogP contribution is 2.18. The second-order valence-electron chi connectivity index (χ2n) is 4.11. The molecule has 0 atom stereocenters. The summed E-state index contributed by atoms with van der Waals surface area (Å²) in [5.74, 6) is 1.99. The van der Waals surface area contributed by atoms with Crippen LogP contribution in [0.15, 0.2) is 18.5 Å². The molecule has 2 aromatic rings. The summed E-state index contributed by atoms with van der Waals surface area (Å²) in [5, 5.41) is 3.31. The molecule has 0 saturated heterocycles. The summed E-state index contributed by atoms with van der Waals surface area (Å²) in [6, 6.07) is 1.78. The molecule has 2 rings (SSSR count). The molecular weight excluding hydrogens is 226 g/mol. The largest absolute Gasteiger partial charge is 0.370 e. The minimum absolute atomic E-state index is 0.556. The predicted molar refractivity (Wildman–Crippen MR) is 71.3 cm³/mol. The van der Waals surface area contributed by atoms with Crippen LogP contribution < -0.4 is 5.32 Å². The first-order valence-corrected chi connectivity index (χ1v) is 6.09. The van der Waals surface area contributed by atoms with Crippen LogP contribution in [0.3, 0.4) is 0 Å². The summed E-state index contributed by atoms with van der Waals surface area (Å²) in [6.45, 7) is 7.01. The van der Waals surface area contributed by atoms with Gasteiger partial charge in [0.05, 0.1) is 0 Å². The molecular formula is C13H17N5. The van der Waals surface area contributed by atoms with E-state index in [9.17, 15) is 0 Å². The van der Waals surface area contributed by atoms with Gasteiger partial charge in [-0.25, -0.2) is 19.9 Å². The van der Waals surface area contributed by atoms with Gasteiger partial charge in [-0.05, 0) is 26.3 Å². The van der Waals surface area contributed by atoms with Gasteiger partial charge in [-0.1, -0.05) is 6.92 Å². The normalized spacial score (nSPS) is 10.4. The van der Waals surface area contributed by atoms with Crippen molar-refractivity contribution in [1.29, 1.82) is 0 Å². The van der Waals surface area contributed by atoms with Gasteiger partial charge >= 0.3 is 0 Å². The molecule has 18 heavy (non-hydrogen) atoms. The van der Waals surface area contributed by atoms with Crippen LogP contribution >= 0.6 is 0 Å². The number of hydrogen-bond donors (Lipinski definition) is 1. The first kappa shape index (κ1) is 12.4. The summed E-state index contributed by atoms with van der Waals surface area (Å²) in [7, 11) is 0. The molecule has 0 aliphatic carbocycles. The third-order valence-electron chi connectivity index (χ3n) is 2.70. The third kappa shape index (κ3) is 2.61. The van der Waals surface area contributed by atoms with E-state index >= 15 is 0 Å². The van der Waals surface area contributed by atoms with Gasteiger partial charge < -0.3 is 5.32 Å². The molecule has 2 aromatic heterocycles. The van der Waals surface area contributed by atoms with Crippen molar-refractivity contribution in [2.45, 2.75) is 27.2 Å². The number of hydrogen-bond acceptors (Lipinski definition) is 5. The molecule has 0 saturated carbocycles. The molecule has 0 fully saturated rings. The molecule has 0 radical (unpaired) electrons. The number of aromatic nitrogens is 4. The van der Waals surface area contributed by atoms with E-state index in [0.717, 1.165) is 30.0 Å². The average Bonchev–Trinajstić information content (AvgIpc) is 2.41. The van der Waals surface area contributed by atoms with Crippen molar-refractivity contribution in [2.24, 2.45) is 0 Å². The highest BCUT2D eigenvalue weighted by molar-refractivity contribution is 5.53. The number of nitrogens with zero attached hydrogens (tertiary/aromatic N) is 4. The van der Waals surface area contributed by atoms with Crippen LogP contribution in [0.5, 0.6) is 0 Å². The van der Waals surface area contributed by atoms with E-state index in [1.807, 2.05) is 13.8 Å². The van der Waals surface area contributed by atoms with Gasteiger partial charge in [0, 0.05) is 30.2 Å². The second-order valence-corrected chi connectivity index (χ2v) is 4.11. The maximum atomic E-state index is 4.49. The summed E-state index contributed by atoms with van der Waals surface area (Å²) >= 11 is 0. The molecule has 5 heteroatoms. The van der Waals surface area contributed by atoms with Gasteiger partial charge in [0.25, 0.3) is 0 Å². The van der Waals surface area contributed by atoms with Gasteiger partial charge in [-0.15, -0.1) is 0 Å². The number of rotatable bonds is 4. The van der Waals surface area contributed by atoms with E-state index < -0.39 is 0 Å². The van der Waals surface area contributed by atoms with Crippen molar-refractivity contribution in [3.8, 4) is 11.6 Å². The maximum Gasteiger partial charge on any atom is 0.199 e. The van der Waals surface area contributed by atoms with Gasteiger partial charge in [0.2, 0.25) is 0 Å². The summed E-state index contributed by atoms with van der Waals surface area (Å²) in [4.78, 5) is 17.3. The molecule has 2 heterocycles. The Hall–Kier alpha value is -2.04. The van der Waals surface area contributed by atoms with E-state index in [4.69, 9.17) is 0 Å². The lowest BCUT2D eigenvalue weighted by Crippen LogP contribution is -2.08. The topological polar surface area (TPSA) is 63.6 Å². The van der Waals surface area contributed by atoms with E-state index in [1.165, 1.54) is 0 Å². The molecule has 0 aliphatic rings. The van der Waals surface area contributed by atoms with E-state index in [0.29, 0.717) is 11.6 Å². The Morgan fingerprint density at radius 2 is 1.78 bits per heavy atom. The predicted octanol–water partition coefficient (Wildman–Crippen LogP) is 2.37. The van der Waals surface area contributed by atoms with Crippen LogP contribution in [0.4, 0.5) is 5.82 Å².